The summed E-state index contributed by atoms with van der Waals surface area (Å²) in [5.41, 5.74) is 2.11. The highest BCUT2D eigenvalue weighted by Gasteiger charge is 2.33. The zero-order valence-corrected chi connectivity index (χ0v) is 22.8. The Hall–Kier alpha value is -3.58. The summed E-state index contributed by atoms with van der Waals surface area (Å²) in [5.74, 6) is -0.0322. The molecule has 0 aromatic heterocycles. The molecule has 202 valence electrons. The van der Waals surface area contributed by atoms with Gasteiger partial charge in [-0.2, -0.15) is 18.3 Å². The van der Waals surface area contributed by atoms with Gasteiger partial charge >= 0.3 is 6.18 Å². The number of nitrogens with one attached hydrogen (secondary N) is 1. The zero-order chi connectivity index (χ0) is 28.1. The molecular weight excluding hydrogens is 591 g/mol. The van der Waals surface area contributed by atoms with Gasteiger partial charge in [-0.3, -0.25) is 9.10 Å². The Morgan fingerprint density at radius 3 is 2.37 bits per heavy atom. The third-order valence-electron chi connectivity index (χ3n) is 5.22. The lowest BCUT2D eigenvalue weighted by Gasteiger charge is -2.24. The lowest BCUT2D eigenvalue weighted by molar-refractivity contribution is -0.137. The van der Waals surface area contributed by atoms with Crippen LogP contribution in [0.15, 0.2) is 75.1 Å². The Morgan fingerprint density at radius 1 is 1.08 bits per heavy atom. The number of nitrogens with zero attached hydrogens (tertiary/aromatic N) is 2. The predicted molar refractivity (Wildman–Crippen MR) is 140 cm³/mol. The van der Waals surface area contributed by atoms with Crippen molar-refractivity contribution in [1.29, 1.82) is 0 Å². The number of carbonyl (C=O) groups is 1. The molecular formula is C25H23BrF3N3O5S. The number of amides is 1. The average Bonchev–Trinajstić information content (AvgIpc) is 2.86. The van der Waals surface area contributed by atoms with Gasteiger partial charge in [0.25, 0.3) is 15.9 Å². The lowest BCUT2D eigenvalue weighted by Crippen LogP contribution is -2.39. The number of alkyl halides is 3. The van der Waals surface area contributed by atoms with E-state index in [1.54, 1.807) is 31.2 Å². The van der Waals surface area contributed by atoms with E-state index in [4.69, 9.17) is 9.47 Å². The summed E-state index contributed by atoms with van der Waals surface area (Å²) in [6, 6.07) is 12.7. The smallest absolute Gasteiger partial charge is 0.416 e. The van der Waals surface area contributed by atoms with Crippen LogP contribution in [0.1, 0.15) is 16.7 Å². The summed E-state index contributed by atoms with van der Waals surface area (Å²) in [6.45, 7) is 0.924. The highest BCUT2D eigenvalue weighted by molar-refractivity contribution is 9.10. The third kappa shape index (κ3) is 6.84. The van der Waals surface area contributed by atoms with Crippen LogP contribution in [0.2, 0.25) is 0 Å². The second kappa shape index (κ2) is 11.9. The van der Waals surface area contributed by atoms with Gasteiger partial charge in [-0.05, 0) is 70.9 Å². The van der Waals surface area contributed by atoms with E-state index in [9.17, 15) is 26.4 Å². The molecule has 13 heteroatoms. The van der Waals surface area contributed by atoms with Crippen LogP contribution in [-0.4, -0.2) is 41.3 Å². The first kappa shape index (κ1) is 29.0. The number of anilines is 1. The van der Waals surface area contributed by atoms with E-state index < -0.39 is 34.2 Å². The topological polar surface area (TPSA) is 97.3 Å². The lowest BCUT2D eigenvalue weighted by atomic mass is 10.2. The molecule has 3 aromatic rings. The Labute approximate surface area is 226 Å². The second-order valence-corrected chi connectivity index (χ2v) is 10.6. The van der Waals surface area contributed by atoms with E-state index in [0.717, 1.165) is 17.7 Å². The minimum absolute atomic E-state index is 0.188. The molecule has 0 aliphatic heterocycles. The number of aryl methyl sites for hydroxylation is 1. The standard InChI is InChI=1S/C25H23BrF3N3O5S/c1-16-7-9-20(10-8-16)38(34,35)32(19-6-4-5-18(13-19)25(27,28)29)15-23(33)31-30-14-17-11-21(26)24(37-3)22(12-17)36-2/h4-14H,15H2,1-3H3,(H,31,33)/b30-14-. The van der Waals surface area contributed by atoms with Crippen molar-refractivity contribution in [1.82, 2.24) is 5.43 Å². The van der Waals surface area contributed by atoms with E-state index in [-0.39, 0.29) is 10.6 Å². The van der Waals surface area contributed by atoms with E-state index in [0.29, 0.717) is 31.9 Å². The van der Waals surface area contributed by atoms with Gasteiger partial charge < -0.3 is 9.47 Å². The fourth-order valence-electron chi connectivity index (χ4n) is 3.35. The quantitative estimate of drug-likeness (QED) is 0.266. The molecule has 0 saturated carbocycles. The molecule has 8 nitrogen and oxygen atoms in total. The first-order chi connectivity index (χ1) is 17.9. The molecule has 0 unspecified atom stereocenters. The summed E-state index contributed by atoms with van der Waals surface area (Å²) >= 11 is 3.34. The Kier molecular flexibility index (Phi) is 9.05. The number of hydrazone groups is 1. The first-order valence-electron chi connectivity index (χ1n) is 10.9. The van der Waals surface area contributed by atoms with Gasteiger partial charge in [0.05, 0.1) is 41.1 Å². The molecule has 38 heavy (non-hydrogen) atoms. The van der Waals surface area contributed by atoms with Crippen LogP contribution in [0.25, 0.3) is 0 Å². The highest BCUT2D eigenvalue weighted by Crippen LogP contribution is 2.36. The largest absolute Gasteiger partial charge is 0.493 e. The number of carbonyl (C=O) groups excluding carboxylic acids is 1. The molecule has 1 amide bonds. The monoisotopic (exact) mass is 613 g/mol. The van der Waals surface area contributed by atoms with Gasteiger partial charge in [0, 0.05) is 0 Å². The Balaban J connectivity index is 1.90. The highest BCUT2D eigenvalue weighted by atomic mass is 79.9. The molecule has 0 radical (unpaired) electrons. The minimum atomic E-state index is -4.71. The number of benzene rings is 3. The van der Waals surface area contributed by atoms with E-state index in [1.807, 2.05) is 0 Å². The van der Waals surface area contributed by atoms with Gasteiger partial charge in [-0.15, -0.1) is 0 Å². The van der Waals surface area contributed by atoms with Crippen LogP contribution < -0.4 is 19.2 Å². The molecule has 3 rings (SSSR count). The summed E-state index contributed by atoms with van der Waals surface area (Å²) in [6.07, 6.45) is -3.43. The minimum Gasteiger partial charge on any atom is -0.493 e. The third-order valence-corrected chi connectivity index (χ3v) is 7.59. The van der Waals surface area contributed by atoms with Gasteiger partial charge in [-0.1, -0.05) is 23.8 Å². The number of ether oxygens (including phenoxy) is 2. The normalized spacial score (nSPS) is 11.9. The molecule has 0 fully saturated rings. The van der Waals surface area contributed by atoms with Crippen molar-refractivity contribution in [3.8, 4) is 11.5 Å². The summed E-state index contributed by atoms with van der Waals surface area (Å²) in [5, 5.41) is 3.84. The van der Waals surface area contributed by atoms with Gasteiger partial charge in [0.1, 0.15) is 6.54 Å². The van der Waals surface area contributed by atoms with Crippen molar-refractivity contribution < 1.29 is 35.9 Å². The fraction of sp³-hybridized carbons (Fsp3) is 0.200. The summed E-state index contributed by atoms with van der Waals surface area (Å²) in [4.78, 5) is 12.5. The summed E-state index contributed by atoms with van der Waals surface area (Å²) < 4.78 is 78.4. The van der Waals surface area contributed by atoms with Crippen LogP contribution in [-0.2, 0) is 21.0 Å². The van der Waals surface area contributed by atoms with Crippen LogP contribution in [0.5, 0.6) is 11.5 Å². The maximum atomic E-state index is 13.4. The van der Waals surface area contributed by atoms with Crippen LogP contribution in [0.3, 0.4) is 0 Å². The SMILES string of the molecule is COc1cc(/C=N\NC(=O)CN(c2cccc(C(F)(F)F)c2)S(=O)(=O)c2ccc(C)cc2)cc(Br)c1OC. The molecule has 0 bridgehead atoms. The van der Waals surface area contributed by atoms with Gasteiger partial charge in [0.2, 0.25) is 0 Å². The molecule has 0 aliphatic carbocycles. The number of halogens is 4. The predicted octanol–water partition coefficient (Wildman–Crippen LogP) is 5.14. The van der Waals surface area contributed by atoms with Crippen molar-refractivity contribution in [2.24, 2.45) is 5.10 Å². The fourth-order valence-corrected chi connectivity index (χ4v) is 5.38. The molecule has 0 aliphatic rings. The van der Waals surface area contributed by atoms with E-state index in [2.05, 4.69) is 26.5 Å². The van der Waals surface area contributed by atoms with Crippen molar-refractivity contribution in [3.63, 3.8) is 0 Å². The van der Waals surface area contributed by atoms with Gasteiger partial charge in [0.15, 0.2) is 11.5 Å². The number of hydrogen-bond donors (Lipinski definition) is 1. The summed E-state index contributed by atoms with van der Waals surface area (Å²) in [7, 11) is -1.49. The average molecular weight is 614 g/mol. The zero-order valence-electron chi connectivity index (χ0n) is 20.4. The van der Waals surface area contributed by atoms with Crippen LogP contribution >= 0.6 is 15.9 Å². The second-order valence-electron chi connectivity index (χ2n) is 7.90. The van der Waals surface area contributed by atoms with Crippen molar-refractivity contribution >= 4 is 43.8 Å². The van der Waals surface area contributed by atoms with E-state index >= 15 is 0 Å². The molecule has 0 atom stereocenters. The number of rotatable bonds is 9. The Bertz CT molecular complexity index is 1450. The maximum absolute atomic E-state index is 13.4. The number of methoxy groups -OCH3 is 2. The maximum Gasteiger partial charge on any atom is 0.416 e. The first-order valence-corrected chi connectivity index (χ1v) is 13.1. The number of hydrogen-bond acceptors (Lipinski definition) is 6. The molecule has 1 N–H and O–H groups in total. The molecule has 0 saturated heterocycles. The molecule has 3 aromatic carbocycles. The van der Waals surface area contributed by atoms with Gasteiger partial charge in [-0.25, -0.2) is 13.8 Å². The van der Waals surface area contributed by atoms with E-state index in [1.165, 1.54) is 38.6 Å². The van der Waals surface area contributed by atoms with Crippen molar-refractivity contribution in [2.45, 2.75) is 18.0 Å². The van der Waals surface area contributed by atoms with Crippen LogP contribution in [0, 0.1) is 6.92 Å². The van der Waals surface area contributed by atoms with Crippen LogP contribution in [0.4, 0.5) is 18.9 Å². The Morgan fingerprint density at radius 2 is 1.76 bits per heavy atom. The molecule has 0 heterocycles. The molecule has 0 spiro atoms. The van der Waals surface area contributed by atoms with Crippen molar-refractivity contribution in [3.05, 3.63) is 81.8 Å². The van der Waals surface area contributed by atoms with Crippen molar-refractivity contribution in [2.75, 3.05) is 25.1 Å². The number of sulfonamides is 1.